The predicted molar refractivity (Wildman–Crippen MR) is 130 cm³/mol. The maximum atomic E-state index is 4.70. The summed E-state index contributed by atoms with van der Waals surface area (Å²) < 4.78 is 9.41. The standard InChI is InChI=1S/C6H18O77Si2/c1-84(2,3)82-80-78-76-74-72-70-68-66-64-62-60-58-56-54-52-50-48-46-44-42-40-38-36-34-32-30-28-26-24-22-20-18-16-14-12-10-8-7-9-11-13-15-17-19-21-23-25-27-29-31-33-35-37-39-41-43-45-47-49-51-53-55-57-59-61-63-65-67-69-71-73-75-77-79-81-83-85(4,5)6/h1-6H3. The lowest BCUT2D eigenvalue weighted by atomic mass is 11.8. The molecule has 0 unspecified atom stereocenters. The molecule has 0 atom stereocenters. The molecule has 0 aromatic rings. The summed E-state index contributed by atoms with van der Waals surface area (Å²) in [6.07, 6.45) is 0. The number of hydrogen-bond donors (Lipinski definition) is 0. The fraction of sp³-hybridized carbons (Fsp3) is 1.00. The normalized spacial score (nSPS) is 12.2. The van der Waals surface area contributed by atoms with Crippen LogP contribution < -0.4 is 0 Å². The third-order valence-electron chi connectivity index (χ3n) is 2.62. The molecule has 0 amide bonds. The van der Waals surface area contributed by atoms with E-state index in [0.29, 0.717) is 0 Å². The molecule has 0 heterocycles. The van der Waals surface area contributed by atoms with E-state index in [1.807, 2.05) is 0 Å². The van der Waals surface area contributed by atoms with Gasteiger partial charge in [-0.3, -0.25) is 9.15 Å². The predicted octanol–water partition coefficient (Wildman–Crippen LogP) is -2.53. The van der Waals surface area contributed by atoms with Gasteiger partial charge in [0.15, 0.2) is 0 Å². The van der Waals surface area contributed by atoms with Crippen molar-refractivity contribution in [2.45, 2.75) is 39.3 Å². The molecule has 0 radical (unpaired) electrons. The molecule has 0 aromatic heterocycles. The van der Waals surface area contributed by atoms with Crippen LogP contribution in [-0.2, 0) is 387 Å². The Morgan fingerprint density at radius 3 is 0.176 bits per heavy atom. The second-order valence-electron chi connectivity index (χ2n) is 9.49. The molecule has 0 N–H and O–H groups in total. The molecule has 0 rings (SSSR count). The molecule has 0 saturated heterocycles. The van der Waals surface area contributed by atoms with Crippen molar-refractivity contribution in [3.63, 3.8) is 0 Å². The van der Waals surface area contributed by atoms with E-state index in [1.54, 1.807) is 39.3 Å². The molecule has 0 spiro atoms. The number of hydrogen-bond acceptors (Lipinski definition) is 77. The van der Waals surface area contributed by atoms with E-state index in [4.69, 9.17) is 9.15 Å². The second-order valence-corrected chi connectivity index (χ2v) is 18.3. The van der Waals surface area contributed by atoms with Crippen LogP contribution in [0.5, 0.6) is 0 Å². The molecule has 0 bridgehead atoms. The summed E-state index contributed by atoms with van der Waals surface area (Å²) in [6, 6.07) is 0. The Morgan fingerprint density at radius 2 is 0.129 bits per heavy atom. The van der Waals surface area contributed by atoms with Gasteiger partial charge in [-0.25, -0.2) is 0 Å². The molecule has 0 aliphatic carbocycles. The quantitative estimate of drug-likeness (QED) is 0.0262. The highest BCUT2D eigenvalue weighted by Crippen LogP contribution is 2.06. The lowest BCUT2D eigenvalue weighted by Gasteiger charge is -2.11. The van der Waals surface area contributed by atoms with Crippen LogP contribution in [0.1, 0.15) is 0 Å². The lowest BCUT2D eigenvalue weighted by Crippen LogP contribution is -2.25. The van der Waals surface area contributed by atoms with Gasteiger partial charge in [0.1, 0.15) is 0 Å². The molecule has 0 fully saturated rings. The van der Waals surface area contributed by atoms with Crippen molar-refractivity contribution in [2.24, 2.45) is 0 Å². The first-order valence-corrected chi connectivity index (χ1v) is 22.9. The van der Waals surface area contributed by atoms with E-state index in [1.165, 1.54) is 0 Å². The maximum absolute atomic E-state index is 4.70. The molecular formula is C6H18O77Si2. The Hall–Kier alpha value is -2.65. The zero-order valence-electron chi connectivity index (χ0n) is 38.4. The summed E-state index contributed by atoms with van der Waals surface area (Å²) in [4.78, 5) is 0. The van der Waals surface area contributed by atoms with Crippen molar-refractivity contribution in [1.82, 2.24) is 0 Å². The molecule has 0 aliphatic heterocycles. The molecule has 0 aromatic carbocycles. The highest BCUT2D eigenvalue weighted by molar-refractivity contribution is 6.69. The van der Waals surface area contributed by atoms with E-state index in [2.05, 4.69) is 378 Å². The van der Waals surface area contributed by atoms with Crippen LogP contribution in [0.15, 0.2) is 0 Å². The fourth-order valence-corrected chi connectivity index (χ4v) is 1.52. The highest BCUT2D eigenvalue weighted by Gasteiger charge is 2.18. The third kappa shape index (κ3) is 81.4. The van der Waals surface area contributed by atoms with Gasteiger partial charge in [-0.05, 0) is 120 Å². The molecule has 512 valence electrons. The minimum atomic E-state index is -2.06. The average Bonchev–Trinajstić information content (AvgIpc) is 3.48. The molecule has 0 aliphatic rings. The smallest absolute Gasteiger partial charge is 0.234 e. The first-order valence-electron chi connectivity index (χ1n) is 16.1. The van der Waals surface area contributed by atoms with Gasteiger partial charge in [0.2, 0.25) is 16.6 Å². The van der Waals surface area contributed by atoms with Gasteiger partial charge in [0.25, 0.3) is 0 Å². The largest absolute Gasteiger partial charge is 0.255 e. The summed E-state index contributed by atoms with van der Waals surface area (Å²) in [5, 5.41) is 267. The van der Waals surface area contributed by atoms with Crippen molar-refractivity contribution in [2.75, 3.05) is 0 Å². The molecule has 77 nitrogen and oxygen atoms in total. The van der Waals surface area contributed by atoms with E-state index in [0.717, 1.165) is 0 Å². The summed E-state index contributed by atoms with van der Waals surface area (Å²) in [6.45, 7) is 10.5. The van der Waals surface area contributed by atoms with Crippen LogP contribution in [0.25, 0.3) is 0 Å². The first-order chi connectivity index (χ1) is 41.7. The van der Waals surface area contributed by atoms with Crippen LogP contribution in [0.2, 0.25) is 39.3 Å². The second kappa shape index (κ2) is 70.4. The van der Waals surface area contributed by atoms with Gasteiger partial charge in [0, 0.05) is 297 Å². The summed E-state index contributed by atoms with van der Waals surface area (Å²) in [5.74, 6) is 0. The molecule has 85 heavy (non-hydrogen) atoms. The van der Waals surface area contributed by atoms with Crippen molar-refractivity contribution < 1.29 is 387 Å². The Bertz CT molecular complexity index is 1090. The Morgan fingerprint density at radius 1 is 0.0824 bits per heavy atom. The number of rotatable bonds is 78. The van der Waals surface area contributed by atoms with Gasteiger partial charge >= 0.3 is 0 Å². The van der Waals surface area contributed by atoms with Crippen molar-refractivity contribution >= 4 is 16.6 Å². The van der Waals surface area contributed by atoms with Gasteiger partial charge < -0.3 is 0 Å². The van der Waals surface area contributed by atoms with E-state index >= 15 is 0 Å². The van der Waals surface area contributed by atoms with Crippen LogP contribution in [0.3, 0.4) is 0 Å². The molecule has 0 saturated carbocycles. The van der Waals surface area contributed by atoms with Crippen LogP contribution in [0, 0.1) is 0 Å². The Kier molecular flexibility index (Phi) is 68.2. The van der Waals surface area contributed by atoms with Crippen LogP contribution >= 0.6 is 0 Å². The minimum absolute atomic E-state index is 1.75. The maximum Gasteiger partial charge on any atom is 0.234 e. The average molecular weight is 1380 g/mol. The first kappa shape index (κ1) is 82.4. The SMILES string of the molecule is C[Si](C)(C)OOOOOOOOOOOOOOOOOOOOOOOOOOOOOOOOOOOOOOOOOOOOOOOOOOOOOOOOOOOOOOOOOOOOOOOOOOOOO[Si](C)(C)C. The Balaban J connectivity index is 3.09. The monoisotopic (exact) mass is 1380 g/mol. The van der Waals surface area contributed by atoms with Gasteiger partial charge in [0.05, 0.1) is 0 Å². The topological polar surface area (TPSA) is 711 Å². The molecular weight excluding hydrogens is 1360 g/mol. The summed E-state index contributed by atoms with van der Waals surface area (Å²) in [7, 11) is -4.12. The third-order valence-corrected chi connectivity index (χ3v) is 3.76. The summed E-state index contributed by atoms with van der Waals surface area (Å²) in [5.41, 5.74) is 0. The molecule has 79 heteroatoms. The fourth-order valence-electron chi connectivity index (χ4n) is 1.06. The van der Waals surface area contributed by atoms with Crippen LogP contribution in [-0.4, -0.2) is 16.6 Å². The highest BCUT2D eigenvalue weighted by atomic mass is 28.4. The van der Waals surface area contributed by atoms with Gasteiger partial charge in [-0.2, -0.15) is 0 Å². The van der Waals surface area contributed by atoms with Crippen molar-refractivity contribution in [1.29, 1.82) is 0 Å². The van der Waals surface area contributed by atoms with Crippen molar-refractivity contribution in [3.05, 3.63) is 0 Å². The van der Waals surface area contributed by atoms with Crippen molar-refractivity contribution in [3.8, 4) is 0 Å². The minimum Gasteiger partial charge on any atom is -0.255 e. The van der Waals surface area contributed by atoms with E-state index in [-0.39, 0.29) is 0 Å². The Labute approximate surface area is 444 Å². The zero-order chi connectivity index (χ0) is 61.4. The van der Waals surface area contributed by atoms with E-state index < -0.39 is 16.6 Å². The zero-order valence-corrected chi connectivity index (χ0v) is 40.4. The lowest BCUT2D eigenvalue weighted by molar-refractivity contribution is -0.912. The van der Waals surface area contributed by atoms with E-state index in [9.17, 15) is 0 Å². The van der Waals surface area contributed by atoms with Crippen LogP contribution in [0.4, 0.5) is 0 Å². The summed E-state index contributed by atoms with van der Waals surface area (Å²) >= 11 is 0. The van der Waals surface area contributed by atoms with Gasteiger partial charge in [-0.1, -0.05) is 0 Å². The van der Waals surface area contributed by atoms with Gasteiger partial charge in [-0.15, -0.1) is 0 Å².